The van der Waals surface area contributed by atoms with Crippen LogP contribution in [0.15, 0.2) is 58.0 Å². The van der Waals surface area contributed by atoms with Gasteiger partial charge in [-0.1, -0.05) is 36.4 Å². The molecule has 1 amide bonds. The van der Waals surface area contributed by atoms with E-state index < -0.39 is 18.1 Å². The number of anilines is 1. The third kappa shape index (κ3) is 3.56. The van der Waals surface area contributed by atoms with E-state index in [1.54, 1.807) is 11.8 Å². The van der Waals surface area contributed by atoms with Crippen molar-refractivity contribution >= 4 is 39.4 Å². The normalized spacial score (nSPS) is 11.1. The van der Waals surface area contributed by atoms with Gasteiger partial charge in [-0.15, -0.1) is 0 Å². The Balaban J connectivity index is 1.59. The van der Waals surface area contributed by atoms with Crippen molar-refractivity contribution in [2.45, 2.75) is 13.8 Å². The number of rotatable bonds is 5. The Morgan fingerprint density at radius 2 is 1.90 bits per heavy atom. The number of nitrogens with zero attached hydrogens (tertiary/aromatic N) is 3. The number of fused-ring (bicyclic) bond motifs is 2. The molecule has 4 rings (SSSR count). The molecule has 2 heterocycles. The molecule has 0 aliphatic carbocycles. The number of hydrogen-bond donors (Lipinski definition) is 0. The molecule has 0 saturated carbocycles. The van der Waals surface area contributed by atoms with Crippen LogP contribution < -0.4 is 10.5 Å². The number of furan rings is 1. The number of likely N-dealkylation sites (N-methyl/N-ethyl adjacent to an activating group) is 1. The van der Waals surface area contributed by atoms with E-state index in [9.17, 15) is 14.4 Å². The zero-order valence-electron chi connectivity index (χ0n) is 17.4. The van der Waals surface area contributed by atoms with Gasteiger partial charge in [0.2, 0.25) is 5.71 Å². The molecule has 0 aliphatic heterocycles. The lowest BCUT2D eigenvalue weighted by Gasteiger charge is -2.22. The molecule has 0 radical (unpaired) electrons. The molecule has 8 heteroatoms. The third-order valence-electron chi connectivity index (χ3n) is 5.15. The Bertz CT molecular complexity index is 1360. The van der Waals surface area contributed by atoms with Gasteiger partial charge < -0.3 is 18.6 Å². The van der Waals surface area contributed by atoms with Gasteiger partial charge in [0.15, 0.2) is 6.61 Å². The minimum absolute atomic E-state index is 0.00953. The third-order valence-corrected chi connectivity index (χ3v) is 5.15. The molecule has 0 N–H and O–H groups in total. The summed E-state index contributed by atoms with van der Waals surface area (Å²) in [7, 11) is 1.53. The average molecular weight is 419 g/mol. The Morgan fingerprint density at radius 3 is 2.68 bits per heavy atom. The van der Waals surface area contributed by atoms with Crippen LogP contribution in [0.1, 0.15) is 23.0 Å². The van der Waals surface area contributed by atoms with Gasteiger partial charge in [0.05, 0.1) is 5.69 Å². The van der Waals surface area contributed by atoms with E-state index in [4.69, 9.17) is 9.15 Å². The monoisotopic (exact) mass is 419 g/mol. The summed E-state index contributed by atoms with van der Waals surface area (Å²) in [5.41, 5.74) is 0.366. The van der Waals surface area contributed by atoms with Crippen LogP contribution >= 0.6 is 0 Å². The molecule has 158 valence electrons. The van der Waals surface area contributed by atoms with Gasteiger partial charge >= 0.3 is 5.97 Å². The van der Waals surface area contributed by atoms with Gasteiger partial charge in [0.25, 0.3) is 11.5 Å². The summed E-state index contributed by atoms with van der Waals surface area (Å²) in [5.74, 6) is -0.961. The maximum absolute atomic E-state index is 12.9. The minimum Gasteiger partial charge on any atom is -0.452 e. The van der Waals surface area contributed by atoms with Crippen molar-refractivity contribution in [2.24, 2.45) is 7.05 Å². The lowest BCUT2D eigenvalue weighted by molar-refractivity contribution is -0.121. The molecule has 4 aromatic rings. The number of benzene rings is 2. The van der Waals surface area contributed by atoms with E-state index in [1.807, 2.05) is 49.4 Å². The van der Waals surface area contributed by atoms with Gasteiger partial charge in [0.1, 0.15) is 23.0 Å². The fraction of sp³-hybridized carbons (Fsp3) is 0.217. The van der Waals surface area contributed by atoms with E-state index in [1.165, 1.54) is 17.9 Å². The van der Waals surface area contributed by atoms with Crippen molar-refractivity contribution in [3.05, 3.63) is 70.5 Å². The number of ether oxygens (including phenoxy) is 1. The zero-order chi connectivity index (χ0) is 22.1. The van der Waals surface area contributed by atoms with E-state index in [2.05, 4.69) is 4.98 Å². The highest BCUT2D eigenvalue weighted by atomic mass is 16.5. The van der Waals surface area contributed by atoms with Crippen molar-refractivity contribution in [1.82, 2.24) is 9.55 Å². The number of carbonyl (C=O) groups excluding carboxylic acids is 2. The van der Waals surface area contributed by atoms with E-state index in [-0.39, 0.29) is 28.3 Å². The first-order valence-corrected chi connectivity index (χ1v) is 9.82. The quantitative estimate of drug-likeness (QED) is 0.461. The Kier molecular flexibility index (Phi) is 5.29. The molecule has 0 unspecified atom stereocenters. The van der Waals surface area contributed by atoms with Crippen molar-refractivity contribution < 1.29 is 18.7 Å². The van der Waals surface area contributed by atoms with Gasteiger partial charge in [-0.3, -0.25) is 9.59 Å². The molecule has 2 aromatic carbocycles. The minimum atomic E-state index is -0.802. The predicted octanol–water partition coefficient (Wildman–Crippen LogP) is 3.20. The highest BCUT2D eigenvalue weighted by molar-refractivity contribution is 6.06. The number of hydrogen-bond acceptors (Lipinski definition) is 6. The maximum atomic E-state index is 12.9. The van der Waals surface area contributed by atoms with E-state index in [0.29, 0.717) is 6.54 Å². The van der Waals surface area contributed by atoms with Crippen LogP contribution in [0.3, 0.4) is 0 Å². The molecular weight excluding hydrogens is 398 g/mol. The lowest BCUT2D eigenvalue weighted by Crippen LogP contribution is -2.34. The van der Waals surface area contributed by atoms with Crippen LogP contribution in [0.5, 0.6) is 0 Å². The topological polar surface area (TPSA) is 94.6 Å². The molecule has 2 aromatic heterocycles. The highest BCUT2D eigenvalue weighted by Crippen LogP contribution is 2.27. The molecule has 0 saturated heterocycles. The standard InChI is InChI=1S/C23H21N3O5/c1-4-26(17-11-7-9-15-8-5-6-10-16(15)17)18(27)12-30-23(29)19-14(2)31-21-20(19)22(28)25(3)13-24-21/h5-11,13H,4,12H2,1-3H3. The Morgan fingerprint density at radius 1 is 1.16 bits per heavy atom. The van der Waals surface area contributed by atoms with Gasteiger partial charge in [-0.2, -0.15) is 0 Å². The first kappa shape index (κ1) is 20.3. The van der Waals surface area contributed by atoms with Crippen LogP contribution in [0.25, 0.3) is 21.9 Å². The first-order chi connectivity index (χ1) is 14.9. The van der Waals surface area contributed by atoms with Crippen LogP contribution in [0.2, 0.25) is 0 Å². The van der Waals surface area contributed by atoms with Gasteiger partial charge in [0, 0.05) is 19.0 Å². The van der Waals surface area contributed by atoms with Crippen LogP contribution in [-0.2, 0) is 16.6 Å². The second-order valence-electron chi connectivity index (χ2n) is 7.09. The molecule has 31 heavy (non-hydrogen) atoms. The number of esters is 1. The van der Waals surface area contributed by atoms with Crippen molar-refractivity contribution in [2.75, 3.05) is 18.1 Å². The summed E-state index contributed by atoms with van der Waals surface area (Å²) in [5, 5.41) is 1.98. The van der Waals surface area contributed by atoms with Crippen molar-refractivity contribution in [3.63, 3.8) is 0 Å². The van der Waals surface area contributed by atoms with Crippen molar-refractivity contribution in [1.29, 1.82) is 0 Å². The molecule has 0 bridgehead atoms. The summed E-state index contributed by atoms with van der Waals surface area (Å²) < 4.78 is 12.0. The Labute approximate surface area is 177 Å². The number of aryl methyl sites for hydroxylation is 2. The fourth-order valence-corrected chi connectivity index (χ4v) is 3.64. The van der Waals surface area contributed by atoms with Crippen LogP contribution in [0, 0.1) is 6.92 Å². The number of aromatic nitrogens is 2. The first-order valence-electron chi connectivity index (χ1n) is 9.82. The second kappa shape index (κ2) is 8.06. The van der Waals surface area contributed by atoms with Crippen LogP contribution in [-0.4, -0.2) is 34.6 Å². The molecule has 0 aliphatic rings. The summed E-state index contributed by atoms with van der Waals surface area (Å²) in [6, 6.07) is 13.5. The summed E-state index contributed by atoms with van der Waals surface area (Å²) in [4.78, 5) is 43.7. The SMILES string of the molecule is CCN(C(=O)COC(=O)c1c(C)oc2ncn(C)c(=O)c12)c1cccc2ccccc12. The molecule has 0 spiro atoms. The van der Waals surface area contributed by atoms with E-state index in [0.717, 1.165) is 16.5 Å². The van der Waals surface area contributed by atoms with Crippen LogP contribution in [0.4, 0.5) is 5.69 Å². The number of amides is 1. The maximum Gasteiger partial charge on any atom is 0.343 e. The lowest BCUT2D eigenvalue weighted by atomic mass is 10.1. The predicted molar refractivity (Wildman–Crippen MR) is 116 cm³/mol. The molecule has 8 nitrogen and oxygen atoms in total. The molecular formula is C23H21N3O5. The zero-order valence-corrected chi connectivity index (χ0v) is 17.4. The van der Waals surface area contributed by atoms with Crippen molar-refractivity contribution in [3.8, 4) is 0 Å². The smallest absolute Gasteiger partial charge is 0.343 e. The largest absolute Gasteiger partial charge is 0.452 e. The Hall–Kier alpha value is -3.94. The average Bonchev–Trinajstić information content (AvgIpc) is 3.12. The molecule has 0 fully saturated rings. The summed E-state index contributed by atoms with van der Waals surface area (Å²) in [6.07, 6.45) is 1.32. The second-order valence-corrected chi connectivity index (χ2v) is 7.09. The highest BCUT2D eigenvalue weighted by Gasteiger charge is 2.25. The molecule has 0 atom stereocenters. The van der Waals surface area contributed by atoms with Gasteiger partial charge in [-0.05, 0) is 25.3 Å². The van der Waals surface area contributed by atoms with E-state index >= 15 is 0 Å². The summed E-state index contributed by atoms with van der Waals surface area (Å²) in [6.45, 7) is 3.34. The number of carbonyl (C=O) groups is 2. The summed E-state index contributed by atoms with van der Waals surface area (Å²) >= 11 is 0. The fourth-order valence-electron chi connectivity index (χ4n) is 3.64. The van der Waals surface area contributed by atoms with Gasteiger partial charge in [-0.25, -0.2) is 9.78 Å².